The zero-order valence-electron chi connectivity index (χ0n) is 17.0. The SMILES string of the molecule is CN(C)c1ccc(CNc2nc(-c3ccccc3)nn2C(=O)c2ccccc2)cc1. The van der Waals surface area contributed by atoms with Crippen LogP contribution in [-0.4, -0.2) is 34.8 Å². The first kappa shape index (κ1) is 19.4. The Morgan fingerprint density at radius 1 is 0.900 bits per heavy atom. The number of hydrogen-bond acceptors (Lipinski definition) is 5. The normalized spacial score (nSPS) is 10.6. The van der Waals surface area contributed by atoms with E-state index in [9.17, 15) is 4.79 Å². The predicted molar refractivity (Wildman–Crippen MR) is 120 cm³/mol. The van der Waals surface area contributed by atoms with Crippen LogP contribution in [0.3, 0.4) is 0 Å². The lowest BCUT2D eigenvalue weighted by atomic mass is 10.2. The van der Waals surface area contributed by atoms with Crippen LogP contribution in [-0.2, 0) is 6.54 Å². The first-order valence-corrected chi connectivity index (χ1v) is 9.74. The minimum Gasteiger partial charge on any atom is -0.378 e. The fourth-order valence-corrected chi connectivity index (χ4v) is 3.07. The summed E-state index contributed by atoms with van der Waals surface area (Å²) in [6.07, 6.45) is 0. The van der Waals surface area contributed by atoms with Crippen LogP contribution >= 0.6 is 0 Å². The Morgan fingerprint density at radius 2 is 1.53 bits per heavy atom. The molecule has 0 aliphatic rings. The highest BCUT2D eigenvalue weighted by Crippen LogP contribution is 2.20. The first-order valence-electron chi connectivity index (χ1n) is 9.74. The molecular weight excluding hydrogens is 374 g/mol. The Hall–Kier alpha value is -3.93. The minimum atomic E-state index is -0.226. The van der Waals surface area contributed by atoms with Crippen LogP contribution in [0.2, 0.25) is 0 Å². The van der Waals surface area contributed by atoms with E-state index in [-0.39, 0.29) is 5.91 Å². The topological polar surface area (TPSA) is 63.0 Å². The van der Waals surface area contributed by atoms with E-state index >= 15 is 0 Å². The van der Waals surface area contributed by atoms with Crippen molar-refractivity contribution in [2.45, 2.75) is 6.54 Å². The highest BCUT2D eigenvalue weighted by Gasteiger charge is 2.18. The van der Waals surface area contributed by atoms with Gasteiger partial charge in [0.25, 0.3) is 5.91 Å². The van der Waals surface area contributed by atoms with Crippen molar-refractivity contribution in [1.29, 1.82) is 0 Å². The van der Waals surface area contributed by atoms with Crippen LogP contribution < -0.4 is 10.2 Å². The maximum atomic E-state index is 13.1. The molecule has 0 aliphatic carbocycles. The fraction of sp³-hybridized carbons (Fsp3) is 0.125. The maximum Gasteiger partial charge on any atom is 0.281 e. The van der Waals surface area contributed by atoms with Crippen LogP contribution in [0.4, 0.5) is 11.6 Å². The zero-order valence-corrected chi connectivity index (χ0v) is 17.0. The van der Waals surface area contributed by atoms with Crippen molar-refractivity contribution in [2.75, 3.05) is 24.3 Å². The molecule has 0 radical (unpaired) electrons. The first-order chi connectivity index (χ1) is 14.6. The van der Waals surface area contributed by atoms with Gasteiger partial charge in [-0.25, -0.2) is 0 Å². The second-order valence-corrected chi connectivity index (χ2v) is 7.12. The molecule has 4 rings (SSSR count). The second kappa shape index (κ2) is 8.61. The standard InChI is InChI=1S/C24H23N5O/c1-28(2)21-15-13-18(14-16-21)17-25-24-26-22(19-9-5-3-6-10-19)27-29(24)23(30)20-11-7-4-8-12-20/h3-16H,17H2,1-2H3,(H,25,26,27). The molecule has 0 amide bonds. The number of hydrogen-bond donors (Lipinski definition) is 1. The van der Waals surface area contributed by atoms with Crippen molar-refractivity contribution in [3.05, 3.63) is 96.1 Å². The maximum absolute atomic E-state index is 13.1. The molecule has 0 saturated carbocycles. The van der Waals surface area contributed by atoms with Gasteiger partial charge in [-0.15, -0.1) is 5.10 Å². The van der Waals surface area contributed by atoms with Crippen LogP contribution in [0.5, 0.6) is 0 Å². The summed E-state index contributed by atoms with van der Waals surface area (Å²) in [4.78, 5) is 19.7. The average molecular weight is 397 g/mol. The molecule has 0 bridgehead atoms. The molecule has 1 aromatic heterocycles. The summed E-state index contributed by atoms with van der Waals surface area (Å²) in [5, 5.41) is 7.77. The molecule has 6 nitrogen and oxygen atoms in total. The van der Waals surface area contributed by atoms with E-state index in [0.717, 1.165) is 16.8 Å². The largest absolute Gasteiger partial charge is 0.378 e. The quantitative estimate of drug-likeness (QED) is 0.525. The predicted octanol–water partition coefficient (Wildman–Crippen LogP) is 4.31. The van der Waals surface area contributed by atoms with E-state index in [1.807, 2.05) is 62.6 Å². The Kier molecular flexibility index (Phi) is 5.57. The van der Waals surface area contributed by atoms with Crippen LogP contribution in [0.15, 0.2) is 84.9 Å². The second-order valence-electron chi connectivity index (χ2n) is 7.12. The number of nitrogens with zero attached hydrogens (tertiary/aromatic N) is 4. The summed E-state index contributed by atoms with van der Waals surface area (Å²) in [5.41, 5.74) is 3.63. The Morgan fingerprint density at radius 3 is 2.17 bits per heavy atom. The minimum absolute atomic E-state index is 0.226. The molecular formula is C24H23N5O. The van der Waals surface area contributed by atoms with Crippen molar-refractivity contribution in [1.82, 2.24) is 14.8 Å². The summed E-state index contributed by atoms with van der Waals surface area (Å²) in [7, 11) is 4.02. The molecule has 0 atom stereocenters. The van der Waals surface area contributed by atoms with Gasteiger partial charge in [0.1, 0.15) is 0 Å². The smallest absolute Gasteiger partial charge is 0.281 e. The van der Waals surface area contributed by atoms with Gasteiger partial charge in [0, 0.05) is 37.5 Å². The third-order valence-electron chi connectivity index (χ3n) is 4.76. The number of carbonyl (C=O) groups excluding carboxylic acids is 1. The number of nitrogens with one attached hydrogen (secondary N) is 1. The number of carbonyl (C=O) groups is 1. The Balaban J connectivity index is 1.63. The van der Waals surface area contributed by atoms with Gasteiger partial charge in [-0.3, -0.25) is 4.79 Å². The molecule has 4 aromatic rings. The highest BCUT2D eigenvalue weighted by atomic mass is 16.2. The zero-order chi connectivity index (χ0) is 20.9. The van der Waals surface area contributed by atoms with E-state index < -0.39 is 0 Å². The van der Waals surface area contributed by atoms with Gasteiger partial charge in [-0.1, -0.05) is 60.7 Å². The summed E-state index contributed by atoms with van der Waals surface area (Å²) >= 11 is 0. The molecule has 0 saturated heterocycles. The Bertz CT molecular complexity index is 1120. The lowest BCUT2D eigenvalue weighted by Gasteiger charge is -2.13. The van der Waals surface area contributed by atoms with Gasteiger partial charge in [0.2, 0.25) is 5.95 Å². The van der Waals surface area contributed by atoms with E-state index in [1.165, 1.54) is 4.68 Å². The summed E-state index contributed by atoms with van der Waals surface area (Å²) in [5.74, 6) is 0.695. The Labute approximate surface area is 175 Å². The molecule has 150 valence electrons. The lowest BCUT2D eigenvalue weighted by Crippen LogP contribution is -2.17. The van der Waals surface area contributed by atoms with Crippen molar-refractivity contribution < 1.29 is 4.79 Å². The van der Waals surface area contributed by atoms with Crippen LogP contribution in [0, 0.1) is 0 Å². The molecule has 0 fully saturated rings. The molecule has 0 spiro atoms. The third-order valence-corrected chi connectivity index (χ3v) is 4.76. The monoisotopic (exact) mass is 397 g/mol. The van der Waals surface area contributed by atoms with Crippen molar-refractivity contribution in [3.63, 3.8) is 0 Å². The van der Waals surface area contributed by atoms with Gasteiger partial charge in [-0.2, -0.15) is 9.67 Å². The molecule has 6 heteroatoms. The number of aromatic nitrogens is 3. The molecule has 0 unspecified atom stereocenters. The number of rotatable bonds is 6. The summed E-state index contributed by atoms with van der Waals surface area (Å²) < 4.78 is 1.34. The van der Waals surface area contributed by atoms with Crippen molar-refractivity contribution in [2.24, 2.45) is 0 Å². The molecule has 1 N–H and O–H groups in total. The third kappa shape index (κ3) is 4.22. The molecule has 1 heterocycles. The number of benzene rings is 3. The van der Waals surface area contributed by atoms with Crippen LogP contribution in [0.25, 0.3) is 11.4 Å². The van der Waals surface area contributed by atoms with Gasteiger partial charge < -0.3 is 10.2 Å². The number of anilines is 2. The molecule has 0 aliphatic heterocycles. The van der Waals surface area contributed by atoms with E-state index in [2.05, 4.69) is 44.6 Å². The fourth-order valence-electron chi connectivity index (χ4n) is 3.07. The van der Waals surface area contributed by atoms with E-state index in [0.29, 0.717) is 23.9 Å². The van der Waals surface area contributed by atoms with E-state index in [4.69, 9.17) is 0 Å². The average Bonchev–Trinajstić information content (AvgIpc) is 3.23. The summed E-state index contributed by atoms with van der Waals surface area (Å²) in [6.45, 7) is 0.530. The van der Waals surface area contributed by atoms with Crippen molar-refractivity contribution in [3.8, 4) is 11.4 Å². The summed E-state index contributed by atoms with van der Waals surface area (Å²) in [6, 6.07) is 27.0. The lowest BCUT2D eigenvalue weighted by molar-refractivity contribution is 0.0947. The van der Waals surface area contributed by atoms with Crippen molar-refractivity contribution >= 4 is 17.5 Å². The molecule has 30 heavy (non-hydrogen) atoms. The highest BCUT2D eigenvalue weighted by molar-refractivity contribution is 5.97. The van der Waals surface area contributed by atoms with Crippen LogP contribution in [0.1, 0.15) is 15.9 Å². The van der Waals surface area contributed by atoms with Gasteiger partial charge in [0.05, 0.1) is 0 Å². The van der Waals surface area contributed by atoms with Gasteiger partial charge in [0.15, 0.2) is 5.82 Å². The van der Waals surface area contributed by atoms with Gasteiger partial charge in [-0.05, 0) is 29.8 Å². The van der Waals surface area contributed by atoms with E-state index in [1.54, 1.807) is 12.1 Å². The molecule has 3 aromatic carbocycles. The van der Waals surface area contributed by atoms with Gasteiger partial charge >= 0.3 is 0 Å².